The molecule has 1 aliphatic rings. The van der Waals surface area contributed by atoms with Gasteiger partial charge in [-0.2, -0.15) is 0 Å². The van der Waals surface area contributed by atoms with Crippen molar-refractivity contribution in [3.05, 3.63) is 45.2 Å². The quantitative estimate of drug-likeness (QED) is 0.581. The molecule has 1 N–H and O–H groups in total. The summed E-state index contributed by atoms with van der Waals surface area (Å²) >= 11 is 5.29. The van der Waals surface area contributed by atoms with Gasteiger partial charge in [-0.1, -0.05) is 0 Å². The van der Waals surface area contributed by atoms with Gasteiger partial charge >= 0.3 is 5.97 Å². The van der Waals surface area contributed by atoms with Crippen LogP contribution >= 0.6 is 12.2 Å². The first-order valence-corrected chi connectivity index (χ1v) is 7.82. The summed E-state index contributed by atoms with van der Waals surface area (Å²) in [7, 11) is 1.27. The molecule has 0 radical (unpaired) electrons. The standard InChI is InChI=1S/C16H13N3O4S/c1-22-15(21)9-7-10(11-3-2-6-23-11)17-13-12(9)14(20)18-16(24)19(13)8-4-5-8/h2-3,6-8H,4-5H2,1H3,(H,18,20,24). The Morgan fingerprint density at radius 3 is 2.92 bits per heavy atom. The molecule has 24 heavy (non-hydrogen) atoms. The highest BCUT2D eigenvalue weighted by Gasteiger charge is 2.29. The first-order valence-electron chi connectivity index (χ1n) is 7.42. The Morgan fingerprint density at radius 1 is 1.50 bits per heavy atom. The number of methoxy groups -OCH3 is 1. The number of carbonyl (C=O) groups is 1. The average molecular weight is 343 g/mol. The van der Waals surface area contributed by atoms with Gasteiger partial charge in [-0.15, -0.1) is 0 Å². The number of rotatable bonds is 3. The van der Waals surface area contributed by atoms with E-state index in [2.05, 4.69) is 9.97 Å². The van der Waals surface area contributed by atoms with Gasteiger partial charge < -0.3 is 9.15 Å². The summed E-state index contributed by atoms with van der Waals surface area (Å²) in [5.74, 6) is -0.115. The SMILES string of the molecule is COC(=O)c1cc(-c2ccco2)nc2c1c(=O)[nH]c(=S)n2C1CC1. The summed E-state index contributed by atoms with van der Waals surface area (Å²) in [6, 6.07) is 5.15. The third-order valence-electron chi connectivity index (χ3n) is 3.99. The topological polar surface area (TPSA) is 90.1 Å². The smallest absolute Gasteiger partial charge is 0.338 e. The molecule has 0 spiro atoms. The molecule has 3 aromatic rings. The lowest BCUT2D eigenvalue weighted by molar-refractivity contribution is 0.0603. The molecular formula is C16H13N3O4S. The number of ether oxygens (including phenoxy) is 1. The Labute approximate surface area is 140 Å². The molecule has 1 saturated carbocycles. The number of pyridine rings is 1. The normalized spacial score (nSPS) is 14.0. The number of H-pyrrole nitrogens is 1. The Hall–Kier alpha value is -2.74. The van der Waals surface area contributed by atoms with Crippen molar-refractivity contribution in [2.45, 2.75) is 18.9 Å². The Kier molecular flexibility index (Phi) is 3.34. The van der Waals surface area contributed by atoms with Gasteiger partial charge in [0.1, 0.15) is 11.3 Å². The maximum Gasteiger partial charge on any atom is 0.338 e. The highest BCUT2D eigenvalue weighted by molar-refractivity contribution is 7.71. The fourth-order valence-corrected chi connectivity index (χ4v) is 3.07. The molecule has 122 valence electrons. The zero-order valence-corrected chi connectivity index (χ0v) is 13.6. The largest absolute Gasteiger partial charge is 0.465 e. The van der Waals surface area contributed by atoms with E-state index in [1.54, 1.807) is 16.7 Å². The summed E-state index contributed by atoms with van der Waals surface area (Å²) in [6.07, 6.45) is 3.43. The van der Waals surface area contributed by atoms with Crippen LogP contribution in [0.3, 0.4) is 0 Å². The van der Waals surface area contributed by atoms with Crippen molar-refractivity contribution >= 4 is 29.2 Å². The average Bonchev–Trinajstić information content (AvgIpc) is 3.24. The van der Waals surface area contributed by atoms with E-state index in [0.29, 0.717) is 21.9 Å². The maximum atomic E-state index is 12.4. The lowest BCUT2D eigenvalue weighted by Gasteiger charge is -2.12. The van der Waals surface area contributed by atoms with Crippen LogP contribution < -0.4 is 5.56 Å². The van der Waals surface area contributed by atoms with Gasteiger partial charge in [0.25, 0.3) is 5.56 Å². The molecule has 7 nitrogen and oxygen atoms in total. The van der Waals surface area contributed by atoms with E-state index < -0.39 is 11.5 Å². The third-order valence-corrected chi connectivity index (χ3v) is 4.28. The van der Waals surface area contributed by atoms with Crippen LogP contribution in [0.15, 0.2) is 33.7 Å². The van der Waals surface area contributed by atoms with Crippen molar-refractivity contribution < 1.29 is 13.9 Å². The molecule has 0 atom stereocenters. The lowest BCUT2D eigenvalue weighted by Crippen LogP contribution is -2.19. The van der Waals surface area contributed by atoms with Gasteiger partial charge in [0, 0.05) is 6.04 Å². The van der Waals surface area contributed by atoms with E-state index in [9.17, 15) is 9.59 Å². The number of aromatic nitrogens is 3. The molecule has 0 bridgehead atoms. The van der Waals surface area contributed by atoms with Gasteiger partial charge in [-0.3, -0.25) is 14.3 Å². The summed E-state index contributed by atoms with van der Waals surface area (Å²) < 4.78 is 12.3. The van der Waals surface area contributed by atoms with E-state index in [4.69, 9.17) is 21.4 Å². The Morgan fingerprint density at radius 2 is 2.29 bits per heavy atom. The number of hydrogen-bond acceptors (Lipinski definition) is 6. The highest BCUT2D eigenvalue weighted by Crippen LogP contribution is 2.37. The molecule has 0 aromatic carbocycles. The number of nitrogens with zero attached hydrogens (tertiary/aromatic N) is 2. The Balaban J connectivity index is 2.15. The first kappa shape index (κ1) is 14.8. The molecule has 8 heteroatoms. The van der Waals surface area contributed by atoms with Gasteiger partial charge in [0.15, 0.2) is 10.5 Å². The van der Waals surface area contributed by atoms with Crippen molar-refractivity contribution in [2.75, 3.05) is 7.11 Å². The number of esters is 1. The van der Waals surface area contributed by atoms with E-state index in [1.165, 1.54) is 19.4 Å². The van der Waals surface area contributed by atoms with Crippen LogP contribution in [0.2, 0.25) is 0 Å². The van der Waals surface area contributed by atoms with Crippen LogP contribution in [0.25, 0.3) is 22.5 Å². The Bertz CT molecular complexity index is 1060. The minimum atomic E-state index is -0.611. The maximum absolute atomic E-state index is 12.4. The molecule has 4 rings (SSSR count). The second kappa shape index (κ2) is 5.41. The lowest BCUT2D eigenvalue weighted by atomic mass is 10.1. The molecule has 3 heterocycles. The number of furan rings is 1. The zero-order chi connectivity index (χ0) is 16.8. The molecule has 3 aromatic heterocycles. The summed E-state index contributed by atoms with van der Waals surface area (Å²) in [6.45, 7) is 0. The molecule has 0 unspecified atom stereocenters. The minimum absolute atomic E-state index is 0.138. The molecule has 0 amide bonds. The summed E-state index contributed by atoms with van der Waals surface area (Å²) in [5, 5.41) is 0.178. The second-order valence-electron chi connectivity index (χ2n) is 5.58. The van der Waals surface area contributed by atoms with Crippen LogP contribution in [-0.2, 0) is 4.74 Å². The van der Waals surface area contributed by atoms with Crippen molar-refractivity contribution in [3.8, 4) is 11.5 Å². The summed E-state index contributed by atoms with van der Waals surface area (Å²) in [5.41, 5.74) is 0.508. The minimum Gasteiger partial charge on any atom is -0.465 e. The number of nitrogens with one attached hydrogen (secondary N) is 1. The highest BCUT2D eigenvalue weighted by atomic mass is 32.1. The van der Waals surface area contributed by atoms with E-state index in [1.807, 2.05) is 0 Å². The predicted octanol–water partition coefficient (Wildman–Crippen LogP) is 2.84. The van der Waals surface area contributed by atoms with Crippen LogP contribution in [0, 0.1) is 4.77 Å². The number of hydrogen-bond donors (Lipinski definition) is 1. The predicted molar refractivity (Wildman–Crippen MR) is 88.5 cm³/mol. The molecular weight excluding hydrogens is 330 g/mol. The van der Waals surface area contributed by atoms with Crippen LogP contribution in [0.4, 0.5) is 0 Å². The van der Waals surface area contributed by atoms with Crippen molar-refractivity contribution in [1.82, 2.24) is 14.5 Å². The van der Waals surface area contributed by atoms with Crippen molar-refractivity contribution in [2.24, 2.45) is 0 Å². The van der Waals surface area contributed by atoms with Crippen LogP contribution in [0.5, 0.6) is 0 Å². The molecule has 1 aliphatic carbocycles. The van der Waals surface area contributed by atoms with Crippen LogP contribution in [0.1, 0.15) is 29.2 Å². The van der Waals surface area contributed by atoms with E-state index in [-0.39, 0.29) is 17.0 Å². The zero-order valence-electron chi connectivity index (χ0n) is 12.7. The fraction of sp³-hybridized carbons (Fsp3) is 0.250. The monoisotopic (exact) mass is 343 g/mol. The van der Waals surface area contributed by atoms with Crippen LogP contribution in [-0.4, -0.2) is 27.6 Å². The van der Waals surface area contributed by atoms with Gasteiger partial charge in [-0.05, 0) is 43.3 Å². The third kappa shape index (κ3) is 2.26. The van der Waals surface area contributed by atoms with Crippen molar-refractivity contribution in [1.29, 1.82) is 0 Å². The molecule has 1 fully saturated rings. The number of aromatic amines is 1. The number of fused-ring (bicyclic) bond motifs is 1. The molecule has 0 saturated heterocycles. The van der Waals surface area contributed by atoms with Gasteiger partial charge in [-0.25, -0.2) is 9.78 Å². The van der Waals surface area contributed by atoms with Gasteiger partial charge in [0.2, 0.25) is 0 Å². The number of carbonyl (C=O) groups excluding carboxylic acids is 1. The van der Waals surface area contributed by atoms with E-state index >= 15 is 0 Å². The van der Waals surface area contributed by atoms with E-state index in [0.717, 1.165) is 12.8 Å². The van der Waals surface area contributed by atoms with Crippen molar-refractivity contribution in [3.63, 3.8) is 0 Å². The first-order chi connectivity index (χ1) is 11.6. The molecule has 0 aliphatic heterocycles. The second-order valence-corrected chi connectivity index (χ2v) is 5.97. The fourth-order valence-electron chi connectivity index (χ4n) is 2.74. The van der Waals surface area contributed by atoms with Gasteiger partial charge in [0.05, 0.1) is 24.3 Å². The summed E-state index contributed by atoms with van der Waals surface area (Å²) in [4.78, 5) is 31.8.